The molecule has 0 saturated carbocycles. The summed E-state index contributed by atoms with van der Waals surface area (Å²) in [5.74, 6) is 0.298. The molecule has 29 heavy (non-hydrogen) atoms. The van der Waals surface area contributed by atoms with Crippen LogP contribution in [0.2, 0.25) is 0 Å². The third kappa shape index (κ3) is 5.80. The molecule has 0 fully saturated rings. The van der Waals surface area contributed by atoms with E-state index in [0.29, 0.717) is 29.4 Å². The van der Waals surface area contributed by atoms with Crippen molar-refractivity contribution in [1.82, 2.24) is 4.98 Å². The van der Waals surface area contributed by atoms with Gasteiger partial charge in [-0.3, -0.25) is 5.32 Å². The molecule has 0 aliphatic heterocycles. The fraction of sp³-hybridized carbons (Fsp3) is 0.136. The number of nitrogens with zero attached hydrogens (tertiary/aromatic N) is 1. The number of ether oxygens (including phenoxy) is 2. The minimum absolute atomic E-state index is 0.280. The standard InChI is InChI=1S/C22H21N3O4/c1-2-28-21(26)17-10-6-11-18(14-17)24-22(27)25-20-19(12-7-13-23-20)29-15-16-8-4-3-5-9-16/h3-14H,2,15H2,1H3,(H2,23,24,25,27). The largest absolute Gasteiger partial charge is 0.485 e. The molecular weight excluding hydrogens is 370 g/mol. The number of anilines is 2. The Morgan fingerprint density at radius 3 is 2.59 bits per heavy atom. The van der Waals surface area contributed by atoms with Crippen LogP contribution in [0.3, 0.4) is 0 Å². The number of nitrogens with one attached hydrogen (secondary N) is 2. The maximum absolute atomic E-state index is 12.4. The molecule has 0 saturated heterocycles. The van der Waals surface area contributed by atoms with E-state index in [1.165, 1.54) is 0 Å². The number of hydrogen-bond donors (Lipinski definition) is 2. The third-order valence-electron chi connectivity index (χ3n) is 3.87. The van der Waals surface area contributed by atoms with Crippen molar-refractivity contribution in [3.8, 4) is 5.75 Å². The summed E-state index contributed by atoms with van der Waals surface area (Å²) in [5, 5.41) is 5.34. The van der Waals surface area contributed by atoms with Crippen LogP contribution in [-0.4, -0.2) is 23.6 Å². The maximum Gasteiger partial charge on any atom is 0.338 e. The fourth-order valence-corrected chi connectivity index (χ4v) is 2.54. The highest BCUT2D eigenvalue weighted by Crippen LogP contribution is 2.22. The Kier molecular flexibility index (Phi) is 6.78. The molecule has 148 valence electrons. The van der Waals surface area contributed by atoms with Crippen LogP contribution < -0.4 is 15.4 Å². The number of pyridine rings is 1. The van der Waals surface area contributed by atoms with Crippen molar-refractivity contribution in [3.63, 3.8) is 0 Å². The van der Waals surface area contributed by atoms with E-state index in [4.69, 9.17) is 9.47 Å². The zero-order chi connectivity index (χ0) is 20.5. The monoisotopic (exact) mass is 391 g/mol. The average molecular weight is 391 g/mol. The lowest BCUT2D eigenvalue weighted by atomic mass is 10.2. The lowest BCUT2D eigenvalue weighted by Crippen LogP contribution is -2.21. The zero-order valence-corrected chi connectivity index (χ0v) is 15.9. The molecule has 3 aromatic rings. The van der Waals surface area contributed by atoms with Crippen molar-refractivity contribution in [2.75, 3.05) is 17.2 Å². The molecule has 2 aromatic carbocycles. The molecule has 0 unspecified atom stereocenters. The Morgan fingerprint density at radius 2 is 1.79 bits per heavy atom. The Morgan fingerprint density at radius 1 is 0.966 bits per heavy atom. The van der Waals surface area contributed by atoms with Crippen LogP contribution in [0, 0.1) is 0 Å². The summed E-state index contributed by atoms with van der Waals surface area (Å²) in [6.45, 7) is 2.37. The molecule has 0 aliphatic carbocycles. The lowest BCUT2D eigenvalue weighted by Gasteiger charge is -2.12. The van der Waals surface area contributed by atoms with Crippen LogP contribution in [0.15, 0.2) is 72.9 Å². The summed E-state index contributed by atoms with van der Waals surface area (Å²) in [6.07, 6.45) is 1.56. The predicted molar refractivity (Wildman–Crippen MR) is 110 cm³/mol. The van der Waals surface area contributed by atoms with Crippen molar-refractivity contribution < 1.29 is 19.1 Å². The molecule has 0 bridgehead atoms. The van der Waals surface area contributed by atoms with Gasteiger partial charge in [-0.25, -0.2) is 14.6 Å². The van der Waals surface area contributed by atoms with Crippen LogP contribution in [-0.2, 0) is 11.3 Å². The first kappa shape index (κ1) is 19.9. The van der Waals surface area contributed by atoms with Crippen molar-refractivity contribution >= 4 is 23.5 Å². The van der Waals surface area contributed by atoms with E-state index in [1.807, 2.05) is 30.3 Å². The SMILES string of the molecule is CCOC(=O)c1cccc(NC(=O)Nc2ncccc2OCc2ccccc2)c1. The second kappa shape index (κ2) is 9.89. The van der Waals surface area contributed by atoms with E-state index in [0.717, 1.165) is 5.56 Å². The fourth-order valence-electron chi connectivity index (χ4n) is 2.54. The third-order valence-corrected chi connectivity index (χ3v) is 3.87. The Bertz CT molecular complexity index is 977. The van der Waals surface area contributed by atoms with Crippen molar-refractivity contribution in [2.24, 2.45) is 0 Å². The molecule has 7 nitrogen and oxygen atoms in total. The number of urea groups is 1. The molecule has 2 amide bonds. The minimum atomic E-state index is -0.505. The van der Waals surface area contributed by atoms with Gasteiger partial charge in [-0.1, -0.05) is 36.4 Å². The minimum Gasteiger partial charge on any atom is -0.485 e. The number of carbonyl (C=O) groups excluding carboxylic acids is 2. The zero-order valence-electron chi connectivity index (χ0n) is 15.9. The van der Waals surface area contributed by atoms with Crippen molar-refractivity contribution in [3.05, 3.63) is 84.1 Å². The Balaban J connectivity index is 1.64. The molecule has 0 radical (unpaired) electrons. The Labute approximate surface area is 168 Å². The molecule has 1 heterocycles. The molecule has 7 heteroatoms. The van der Waals surface area contributed by atoms with Gasteiger partial charge in [-0.2, -0.15) is 0 Å². The molecule has 0 aliphatic rings. The summed E-state index contributed by atoms with van der Waals surface area (Å²) < 4.78 is 10.8. The number of carbonyl (C=O) groups is 2. The van der Waals surface area contributed by atoms with Gasteiger partial charge in [0.15, 0.2) is 11.6 Å². The number of hydrogen-bond acceptors (Lipinski definition) is 5. The molecule has 2 N–H and O–H groups in total. The first-order valence-corrected chi connectivity index (χ1v) is 9.12. The van der Waals surface area contributed by atoms with Gasteiger partial charge in [0.2, 0.25) is 0 Å². The normalized spacial score (nSPS) is 10.1. The first-order valence-electron chi connectivity index (χ1n) is 9.12. The molecule has 3 rings (SSSR count). The second-order valence-electron chi connectivity index (χ2n) is 6.00. The van der Waals surface area contributed by atoms with E-state index >= 15 is 0 Å². The van der Waals surface area contributed by atoms with Crippen molar-refractivity contribution in [1.29, 1.82) is 0 Å². The van der Waals surface area contributed by atoms with Gasteiger partial charge in [0.05, 0.1) is 12.2 Å². The van der Waals surface area contributed by atoms with Gasteiger partial charge < -0.3 is 14.8 Å². The number of rotatable bonds is 7. The molecule has 0 atom stereocenters. The van der Waals surface area contributed by atoms with Gasteiger partial charge >= 0.3 is 12.0 Å². The lowest BCUT2D eigenvalue weighted by molar-refractivity contribution is 0.0526. The van der Waals surface area contributed by atoms with Gasteiger partial charge in [-0.15, -0.1) is 0 Å². The summed E-state index contributed by atoms with van der Waals surface area (Å²) in [5.41, 5.74) is 1.81. The average Bonchev–Trinajstić information content (AvgIpc) is 2.74. The van der Waals surface area contributed by atoms with Crippen LogP contribution in [0.5, 0.6) is 5.75 Å². The first-order chi connectivity index (χ1) is 14.2. The van der Waals surface area contributed by atoms with E-state index in [1.54, 1.807) is 49.5 Å². The summed E-state index contributed by atoms with van der Waals surface area (Å²) in [6, 6.07) is 19.1. The molecular formula is C22H21N3O4. The topological polar surface area (TPSA) is 89.5 Å². The van der Waals surface area contributed by atoms with Gasteiger partial charge in [-0.05, 0) is 42.8 Å². The highest BCUT2D eigenvalue weighted by molar-refractivity contribution is 6.01. The van der Waals surface area contributed by atoms with Crippen LogP contribution in [0.4, 0.5) is 16.3 Å². The van der Waals surface area contributed by atoms with E-state index in [-0.39, 0.29) is 6.61 Å². The van der Waals surface area contributed by atoms with Gasteiger partial charge in [0.1, 0.15) is 6.61 Å². The predicted octanol–water partition coefficient (Wildman–Crippen LogP) is 4.48. The number of esters is 1. The van der Waals surface area contributed by atoms with Crippen LogP contribution in [0.1, 0.15) is 22.8 Å². The second-order valence-corrected chi connectivity index (χ2v) is 6.00. The van der Waals surface area contributed by atoms with E-state index in [2.05, 4.69) is 15.6 Å². The van der Waals surface area contributed by atoms with Gasteiger partial charge in [0, 0.05) is 11.9 Å². The molecule has 0 spiro atoms. The van der Waals surface area contributed by atoms with E-state index < -0.39 is 12.0 Å². The maximum atomic E-state index is 12.4. The van der Waals surface area contributed by atoms with Crippen LogP contribution in [0.25, 0.3) is 0 Å². The molecule has 1 aromatic heterocycles. The smallest absolute Gasteiger partial charge is 0.338 e. The highest BCUT2D eigenvalue weighted by Gasteiger charge is 2.11. The van der Waals surface area contributed by atoms with Crippen molar-refractivity contribution in [2.45, 2.75) is 13.5 Å². The summed E-state index contributed by atoms with van der Waals surface area (Å²) >= 11 is 0. The quantitative estimate of drug-likeness (QED) is 0.580. The summed E-state index contributed by atoms with van der Waals surface area (Å²) in [7, 11) is 0. The Hall–Kier alpha value is -3.87. The summed E-state index contributed by atoms with van der Waals surface area (Å²) in [4.78, 5) is 28.4. The number of amides is 2. The highest BCUT2D eigenvalue weighted by atomic mass is 16.5. The van der Waals surface area contributed by atoms with Crippen LogP contribution >= 0.6 is 0 Å². The van der Waals surface area contributed by atoms with Gasteiger partial charge in [0.25, 0.3) is 0 Å². The number of benzene rings is 2. The van der Waals surface area contributed by atoms with E-state index in [9.17, 15) is 9.59 Å². The number of aromatic nitrogens is 1.